The van der Waals surface area contributed by atoms with Gasteiger partial charge in [0.25, 0.3) is 5.91 Å². The van der Waals surface area contributed by atoms with Crippen LogP contribution in [0.3, 0.4) is 0 Å². The average Bonchev–Trinajstić information content (AvgIpc) is 2.80. The summed E-state index contributed by atoms with van der Waals surface area (Å²) in [5.41, 5.74) is 0.972. The van der Waals surface area contributed by atoms with Gasteiger partial charge in [-0.15, -0.1) is 0 Å². The molecule has 0 aliphatic heterocycles. The van der Waals surface area contributed by atoms with E-state index >= 15 is 0 Å². The van der Waals surface area contributed by atoms with Crippen LogP contribution in [0.2, 0.25) is 0 Å². The standard InChI is InChI=1S/C13H15FN2O3/c14-10-1-2-11-9(7-10)8-12(15-11)13(19)16(3-5-17)4-6-18/h1-2,7-8,15,17-18H,3-6H2. The molecule has 19 heavy (non-hydrogen) atoms. The van der Waals surface area contributed by atoms with E-state index in [0.29, 0.717) is 16.6 Å². The number of benzene rings is 1. The zero-order valence-electron chi connectivity index (χ0n) is 10.3. The van der Waals surface area contributed by atoms with Crippen LogP contribution in [0, 0.1) is 5.82 Å². The van der Waals surface area contributed by atoms with Crippen LogP contribution in [0.4, 0.5) is 4.39 Å². The normalized spacial score (nSPS) is 10.9. The molecule has 5 nitrogen and oxygen atoms in total. The van der Waals surface area contributed by atoms with Crippen LogP contribution in [0.25, 0.3) is 10.9 Å². The summed E-state index contributed by atoms with van der Waals surface area (Å²) in [6, 6.07) is 5.77. The van der Waals surface area contributed by atoms with Gasteiger partial charge in [0.1, 0.15) is 11.5 Å². The lowest BCUT2D eigenvalue weighted by Gasteiger charge is -2.19. The summed E-state index contributed by atoms with van der Waals surface area (Å²) in [7, 11) is 0. The average molecular weight is 266 g/mol. The molecule has 0 saturated carbocycles. The van der Waals surface area contributed by atoms with Crippen molar-refractivity contribution < 1.29 is 19.4 Å². The SMILES string of the molecule is O=C(c1cc2cc(F)ccc2[nH]1)N(CCO)CCO. The first-order valence-electron chi connectivity index (χ1n) is 5.95. The van der Waals surface area contributed by atoms with Crippen LogP contribution in [-0.2, 0) is 0 Å². The van der Waals surface area contributed by atoms with Crippen LogP contribution < -0.4 is 0 Å². The molecule has 1 aromatic heterocycles. The molecular weight excluding hydrogens is 251 g/mol. The molecule has 0 radical (unpaired) electrons. The molecule has 1 heterocycles. The molecule has 0 bridgehead atoms. The van der Waals surface area contributed by atoms with E-state index in [-0.39, 0.29) is 38.0 Å². The highest BCUT2D eigenvalue weighted by Crippen LogP contribution is 2.17. The highest BCUT2D eigenvalue weighted by Gasteiger charge is 2.17. The number of halogens is 1. The van der Waals surface area contributed by atoms with Gasteiger partial charge in [-0.05, 0) is 24.3 Å². The summed E-state index contributed by atoms with van der Waals surface area (Å²) < 4.78 is 13.1. The summed E-state index contributed by atoms with van der Waals surface area (Å²) in [4.78, 5) is 16.4. The molecule has 1 aromatic carbocycles. The summed E-state index contributed by atoms with van der Waals surface area (Å²) in [6.07, 6.45) is 0. The molecular formula is C13H15FN2O3. The second-order valence-electron chi connectivity index (χ2n) is 4.15. The lowest BCUT2D eigenvalue weighted by molar-refractivity contribution is 0.0680. The maximum Gasteiger partial charge on any atom is 0.270 e. The Morgan fingerprint density at radius 1 is 1.21 bits per heavy atom. The van der Waals surface area contributed by atoms with Gasteiger partial charge in [0.15, 0.2) is 0 Å². The topological polar surface area (TPSA) is 76.6 Å². The largest absolute Gasteiger partial charge is 0.395 e. The number of aliphatic hydroxyl groups is 2. The quantitative estimate of drug-likeness (QED) is 0.747. The highest BCUT2D eigenvalue weighted by molar-refractivity contribution is 5.98. The fourth-order valence-electron chi connectivity index (χ4n) is 1.95. The second kappa shape index (κ2) is 5.81. The third kappa shape index (κ3) is 2.91. The fraction of sp³-hybridized carbons (Fsp3) is 0.308. The third-order valence-corrected chi connectivity index (χ3v) is 2.84. The minimum absolute atomic E-state index is 0.142. The number of carbonyl (C=O) groups is 1. The maximum absolute atomic E-state index is 13.1. The molecule has 102 valence electrons. The summed E-state index contributed by atoms with van der Waals surface area (Å²) in [5, 5.41) is 18.4. The number of amides is 1. The number of rotatable bonds is 5. The Morgan fingerprint density at radius 3 is 2.53 bits per heavy atom. The number of carbonyl (C=O) groups excluding carboxylic acids is 1. The predicted octanol–water partition coefficient (Wildman–Crippen LogP) is 0.734. The van der Waals surface area contributed by atoms with E-state index in [4.69, 9.17) is 10.2 Å². The Labute approximate surface area is 109 Å². The lowest BCUT2D eigenvalue weighted by atomic mass is 10.2. The number of H-pyrrole nitrogens is 1. The van der Waals surface area contributed by atoms with Crippen LogP contribution >= 0.6 is 0 Å². The summed E-state index contributed by atoms with van der Waals surface area (Å²) >= 11 is 0. The third-order valence-electron chi connectivity index (χ3n) is 2.84. The zero-order valence-corrected chi connectivity index (χ0v) is 10.3. The smallest absolute Gasteiger partial charge is 0.270 e. The van der Waals surface area contributed by atoms with Crippen LogP contribution in [-0.4, -0.2) is 52.3 Å². The van der Waals surface area contributed by atoms with E-state index in [1.807, 2.05) is 0 Å². The fourth-order valence-corrected chi connectivity index (χ4v) is 1.95. The van der Waals surface area contributed by atoms with Gasteiger partial charge in [-0.1, -0.05) is 0 Å². The van der Waals surface area contributed by atoms with Crippen LogP contribution in [0.5, 0.6) is 0 Å². The second-order valence-corrected chi connectivity index (χ2v) is 4.15. The van der Waals surface area contributed by atoms with Gasteiger partial charge in [-0.2, -0.15) is 0 Å². The summed E-state index contributed by atoms with van der Waals surface area (Å²) in [6.45, 7) is -0.0760. The van der Waals surface area contributed by atoms with E-state index in [1.54, 1.807) is 12.1 Å². The van der Waals surface area contributed by atoms with E-state index in [1.165, 1.54) is 17.0 Å². The number of hydrogen-bond acceptors (Lipinski definition) is 3. The number of aliphatic hydroxyl groups excluding tert-OH is 2. The van der Waals surface area contributed by atoms with E-state index in [2.05, 4.69) is 4.98 Å². The molecule has 1 amide bonds. The van der Waals surface area contributed by atoms with Crippen molar-refractivity contribution in [1.82, 2.24) is 9.88 Å². The van der Waals surface area contributed by atoms with E-state index < -0.39 is 0 Å². The molecule has 0 aliphatic rings. The minimum atomic E-state index is -0.368. The Morgan fingerprint density at radius 2 is 1.89 bits per heavy atom. The van der Waals surface area contributed by atoms with Crippen molar-refractivity contribution in [3.63, 3.8) is 0 Å². The first kappa shape index (κ1) is 13.5. The first-order valence-corrected chi connectivity index (χ1v) is 5.95. The Hall–Kier alpha value is -1.92. The number of fused-ring (bicyclic) bond motifs is 1. The number of nitrogens with zero attached hydrogens (tertiary/aromatic N) is 1. The van der Waals surface area contributed by atoms with Crippen LogP contribution in [0.15, 0.2) is 24.3 Å². The Bertz CT molecular complexity index is 576. The van der Waals surface area contributed by atoms with Crippen molar-refractivity contribution in [2.75, 3.05) is 26.3 Å². The molecule has 0 fully saturated rings. The van der Waals surface area contributed by atoms with E-state index in [9.17, 15) is 9.18 Å². The molecule has 3 N–H and O–H groups in total. The van der Waals surface area contributed by atoms with Gasteiger partial charge in [0, 0.05) is 24.0 Å². The lowest BCUT2D eigenvalue weighted by Crippen LogP contribution is -2.36. The van der Waals surface area contributed by atoms with Crippen molar-refractivity contribution in [2.24, 2.45) is 0 Å². The van der Waals surface area contributed by atoms with Gasteiger partial charge in [0.05, 0.1) is 13.2 Å². The Kier molecular flexibility index (Phi) is 4.13. The van der Waals surface area contributed by atoms with Gasteiger partial charge < -0.3 is 20.1 Å². The molecule has 6 heteroatoms. The number of aromatic amines is 1. The zero-order chi connectivity index (χ0) is 13.8. The maximum atomic E-state index is 13.1. The highest BCUT2D eigenvalue weighted by atomic mass is 19.1. The predicted molar refractivity (Wildman–Crippen MR) is 68.3 cm³/mol. The summed E-state index contributed by atoms with van der Waals surface area (Å²) in [5.74, 6) is -0.701. The molecule has 0 saturated heterocycles. The minimum Gasteiger partial charge on any atom is -0.395 e. The van der Waals surface area contributed by atoms with Gasteiger partial charge in [-0.3, -0.25) is 4.79 Å². The molecule has 2 aromatic rings. The first-order chi connectivity index (χ1) is 9.15. The van der Waals surface area contributed by atoms with Crippen molar-refractivity contribution >= 4 is 16.8 Å². The van der Waals surface area contributed by atoms with Crippen LogP contribution in [0.1, 0.15) is 10.5 Å². The monoisotopic (exact) mass is 266 g/mol. The van der Waals surface area contributed by atoms with Gasteiger partial charge in [-0.25, -0.2) is 4.39 Å². The van der Waals surface area contributed by atoms with Crippen molar-refractivity contribution in [3.05, 3.63) is 35.8 Å². The van der Waals surface area contributed by atoms with Crippen molar-refractivity contribution in [2.45, 2.75) is 0 Å². The number of hydrogen-bond donors (Lipinski definition) is 3. The molecule has 0 spiro atoms. The number of aromatic nitrogens is 1. The molecule has 0 aliphatic carbocycles. The van der Waals surface area contributed by atoms with Gasteiger partial charge >= 0.3 is 0 Å². The van der Waals surface area contributed by atoms with E-state index in [0.717, 1.165) is 0 Å². The molecule has 0 unspecified atom stereocenters. The van der Waals surface area contributed by atoms with Crippen molar-refractivity contribution in [3.8, 4) is 0 Å². The molecule has 0 atom stereocenters. The number of nitrogens with one attached hydrogen (secondary N) is 1. The van der Waals surface area contributed by atoms with Gasteiger partial charge in [0.2, 0.25) is 0 Å². The van der Waals surface area contributed by atoms with Crippen molar-refractivity contribution in [1.29, 1.82) is 0 Å². The molecule has 2 rings (SSSR count). The Balaban J connectivity index is 2.29.